The number of nitrogens with one attached hydrogen (secondary N) is 1. The number of rotatable bonds is 4. The van der Waals surface area contributed by atoms with Crippen molar-refractivity contribution >= 4 is 39.9 Å². The molecule has 0 amide bonds. The Morgan fingerprint density at radius 3 is 2.48 bits per heavy atom. The Kier molecular flexibility index (Phi) is 4.83. The molecule has 4 N–H and O–H groups in total. The summed E-state index contributed by atoms with van der Waals surface area (Å²) in [7, 11) is 0. The van der Waals surface area contributed by atoms with Crippen molar-refractivity contribution in [2.75, 3.05) is 6.54 Å². The predicted molar refractivity (Wildman–Crippen MR) is 108 cm³/mol. The number of nitrogens with zero attached hydrogens (tertiary/aromatic N) is 2. The van der Waals surface area contributed by atoms with Crippen LogP contribution in [0.4, 0.5) is 0 Å². The van der Waals surface area contributed by atoms with Crippen molar-refractivity contribution < 1.29 is 5.11 Å². The molecule has 0 saturated carbocycles. The second kappa shape index (κ2) is 7.14. The van der Waals surface area contributed by atoms with Gasteiger partial charge in [0.1, 0.15) is 0 Å². The molecule has 0 aliphatic heterocycles. The van der Waals surface area contributed by atoms with Gasteiger partial charge in [-0.25, -0.2) is 0 Å². The van der Waals surface area contributed by atoms with Gasteiger partial charge in [-0.2, -0.15) is 0 Å². The Balaban J connectivity index is 1.77. The Morgan fingerprint density at radius 1 is 1.07 bits per heavy atom. The molecule has 3 heterocycles. The monoisotopic (exact) mass is 551 g/mol. The zero-order valence-corrected chi connectivity index (χ0v) is 18.8. The molecule has 27 heavy (non-hydrogen) atoms. The van der Waals surface area contributed by atoms with Crippen LogP contribution in [0.5, 0.6) is 0 Å². The number of benzene rings is 1. The Hall–Kier alpha value is -2.10. The van der Waals surface area contributed by atoms with Crippen LogP contribution >= 0.6 is 0 Å². The molecule has 3 radical (unpaired) electrons. The summed E-state index contributed by atoms with van der Waals surface area (Å²) in [5.74, 6) is 0. The van der Waals surface area contributed by atoms with E-state index in [9.17, 15) is 5.11 Å². The van der Waals surface area contributed by atoms with Crippen molar-refractivity contribution in [3.63, 3.8) is 0 Å². The van der Waals surface area contributed by atoms with Gasteiger partial charge in [-0.15, -0.1) is 0 Å². The maximum absolute atomic E-state index is 11.2. The average molecular weight is 551 g/mol. The van der Waals surface area contributed by atoms with Crippen molar-refractivity contribution in [2.24, 2.45) is 5.73 Å². The number of hydrogen-bond acceptors (Lipinski definition) is 4. The van der Waals surface area contributed by atoms with E-state index < -0.39 is 5.60 Å². The molecule has 5 nitrogen and oxygen atoms in total. The fraction of sp³-hybridized carbons (Fsp3) is 0.143. The van der Waals surface area contributed by atoms with Crippen LogP contribution in [0.25, 0.3) is 22.3 Å². The van der Waals surface area contributed by atoms with Crippen molar-refractivity contribution in [1.29, 1.82) is 0 Å². The van der Waals surface area contributed by atoms with Crippen LogP contribution < -0.4 is 8.86 Å². The van der Waals surface area contributed by atoms with Crippen LogP contribution in [0.1, 0.15) is 16.7 Å². The molecular formula is C21H19N4OPb. The van der Waals surface area contributed by atoms with Crippen LogP contribution in [0.3, 0.4) is 0 Å². The van der Waals surface area contributed by atoms with E-state index >= 15 is 0 Å². The zero-order chi connectivity index (χ0) is 19.0. The molecule has 0 spiro atoms. The van der Waals surface area contributed by atoms with Crippen LogP contribution in [0.2, 0.25) is 0 Å². The molecule has 4 aromatic rings. The topological polar surface area (TPSA) is 87.8 Å². The molecule has 0 aliphatic carbocycles. The number of H-pyrrole nitrogens is 1. The number of nitrogens with two attached hydrogens (primary N) is 1. The number of aliphatic hydroxyl groups is 1. The standard InChI is InChI=1S/C21H19N4O.Pb/c1-14-2-4-15(5-3-14)21(26,13-22)16-6-7-19(25-12-16)17-8-10-23-20-18(17)9-11-24-20;/h2-8,10-12,26H,13,22H2,1H3,(H,23,24);. The number of pyridine rings is 2. The fourth-order valence-corrected chi connectivity index (χ4v) is 4.56. The van der Waals surface area contributed by atoms with Crippen molar-refractivity contribution in [1.82, 2.24) is 15.0 Å². The average Bonchev–Trinajstić information content (AvgIpc) is 3.09. The SMILES string of the molecule is Cc1ccc(C(O)(CN)c2ccc(-c3ccnc4[nH]c[c]([Pb])c34)nc2)cc1. The second-order valence-corrected chi connectivity index (χ2v) is 8.74. The van der Waals surface area contributed by atoms with Crippen LogP contribution in [-0.4, -0.2) is 52.4 Å². The molecule has 0 saturated heterocycles. The molecule has 1 aromatic carbocycles. The van der Waals surface area contributed by atoms with E-state index in [0.29, 0.717) is 5.56 Å². The molecule has 0 bridgehead atoms. The van der Waals surface area contributed by atoms with Crippen molar-refractivity contribution in [3.05, 3.63) is 77.7 Å². The third-order valence-corrected chi connectivity index (χ3v) is 6.45. The Morgan fingerprint density at radius 2 is 1.81 bits per heavy atom. The third-order valence-electron chi connectivity index (χ3n) is 4.92. The van der Waals surface area contributed by atoms with Gasteiger partial charge in [0, 0.05) is 0 Å². The summed E-state index contributed by atoms with van der Waals surface area (Å²) in [6, 6.07) is 13.6. The summed E-state index contributed by atoms with van der Waals surface area (Å²) < 4.78 is 1.26. The molecule has 4 rings (SSSR count). The summed E-state index contributed by atoms with van der Waals surface area (Å²) in [5.41, 5.74) is 10.1. The van der Waals surface area contributed by atoms with Gasteiger partial charge in [0.05, 0.1) is 0 Å². The van der Waals surface area contributed by atoms with Gasteiger partial charge >= 0.3 is 167 Å². The summed E-state index contributed by atoms with van der Waals surface area (Å²) in [6.07, 6.45) is 5.51. The normalized spacial score (nSPS) is 13.6. The van der Waals surface area contributed by atoms with Gasteiger partial charge in [0.25, 0.3) is 0 Å². The van der Waals surface area contributed by atoms with Gasteiger partial charge < -0.3 is 0 Å². The minimum atomic E-state index is -1.26. The fourth-order valence-electron chi connectivity index (χ4n) is 3.30. The molecule has 0 fully saturated rings. The van der Waals surface area contributed by atoms with E-state index in [0.717, 1.165) is 59.2 Å². The van der Waals surface area contributed by atoms with Gasteiger partial charge in [0.2, 0.25) is 0 Å². The maximum atomic E-state index is 11.2. The summed E-state index contributed by atoms with van der Waals surface area (Å²) in [6.45, 7) is 2.10. The van der Waals surface area contributed by atoms with Gasteiger partial charge in [-0.1, -0.05) is 0 Å². The number of aromatic nitrogens is 3. The molecule has 0 aliphatic rings. The van der Waals surface area contributed by atoms with Crippen LogP contribution in [0, 0.1) is 6.92 Å². The molecule has 1 unspecified atom stereocenters. The van der Waals surface area contributed by atoms with E-state index in [1.54, 1.807) is 12.4 Å². The number of aromatic amines is 1. The van der Waals surface area contributed by atoms with Crippen LogP contribution in [0.15, 0.2) is 61.1 Å². The van der Waals surface area contributed by atoms with Gasteiger partial charge in [-0.3, -0.25) is 0 Å². The molecule has 1 atom stereocenters. The van der Waals surface area contributed by atoms with E-state index in [-0.39, 0.29) is 6.54 Å². The van der Waals surface area contributed by atoms with Crippen molar-refractivity contribution in [3.8, 4) is 11.3 Å². The van der Waals surface area contributed by atoms with Gasteiger partial charge in [-0.05, 0) is 6.92 Å². The number of fused-ring (bicyclic) bond motifs is 1. The van der Waals surface area contributed by atoms with Crippen LogP contribution in [-0.2, 0) is 5.60 Å². The van der Waals surface area contributed by atoms with Crippen molar-refractivity contribution in [2.45, 2.75) is 12.5 Å². The quantitative estimate of drug-likeness (QED) is 0.339. The Bertz CT molecular complexity index is 1090. The second-order valence-electron chi connectivity index (χ2n) is 6.65. The predicted octanol–water partition coefficient (Wildman–Crippen LogP) is 1.92. The van der Waals surface area contributed by atoms with Gasteiger partial charge in [0.15, 0.2) is 0 Å². The first kappa shape index (κ1) is 18.3. The zero-order valence-electron chi connectivity index (χ0n) is 14.9. The first-order valence-corrected chi connectivity index (χ1v) is 10.6. The van der Waals surface area contributed by atoms with E-state index in [1.807, 2.05) is 55.6 Å². The first-order valence-electron chi connectivity index (χ1n) is 8.67. The molecule has 3 aromatic heterocycles. The number of aryl methyl sites for hydroxylation is 1. The summed E-state index contributed by atoms with van der Waals surface area (Å²) in [5, 5.41) is 12.3. The summed E-state index contributed by atoms with van der Waals surface area (Å²) >= 11 is 0.927. The number of hydrogen-bond donors (Lipinski definition) is 3. The minimum absolute atomic E-state index is 0.0824. The van der Waals surface area contributed by atoms with E-state index in [1.165, 1.54) is 3.12 Å². The first-order chi connectivity index (χ1) is 13.0. The third kappa shape index (κ3) is 3.20. The molecule has 6 heteroatoms. The summed E-state index contributed by atoms with van der Waals surface area (Å²) in [4.78, 5) is 12.2. The molecule has 133 valence electrons. The van der Waals surface area contributed by atoms with E-state index in [4.69, 9.17) is 5.73 Å². The van der Waals surface area contributed by atoms with E-state index in [2.05, 4.69) is 15.0 Å². The molecular weight excluding hydrogens is 531 g/mol. The Labute approximate surface area is 173 Å².